The first kappa shape index (κ1) is 14.1. The molecule has 1 saturated heterocycles. The van der Waals surface area contributed by atoms with Crippen LogP contribution in [0, 0.1) is 5.92 Å². The average molecular weight is 345 g/mol. The summed E-state index contributed by atoms with van der Waals surface area (Å²) in [5.41, 5.74) is 0.365. The molecule has 0 aliphatic carbocycles. The molecule has 1 aromatic carbocycles. The van der Waals surface area contributed by atoms with Gasteiger partial charge in [-0.05, 0) is 28.1 Å². The quantitative estimate of drug-likeness (QED) is 0.856. The van der Waals surface area contributed by atoms with Crippen LogP contribution in [0.5, 0.6) is 0 Å². The molecule has 100 valence electrons. The van der Waals surface area contributed by atoms with Gasteiger partial charge in [0.05, 0.1) is 11.3 Å². The zero-order valence-corrected chi connectivity index (χ0v) is 12.2. The molecule has 1 amide bonds. The van der Waals surface area contributed by atoms with Gasteiger partial charge >= 0.3 is 5.97 Å². The summed E-state index contributed by atoms with van der Waals surface area (Å²) in [4.78, 5) is 24.8. The van der Waals surface area contributed by atoms with Crippen molar-refractivity contribution in [2.24, 2.45) is 5.92 Å². The number of halogens is 2. The van der Waals surface area contributed by atoms with E-state index < -0.39 is 5.97 Å². The SMILES string of the molecule is C=CC1CC(=O)N(c2c(Br)cc(Cl)cc2C(=O)O)C1. The van der Waals surface area contributed by atoms with Gasteiger partial charge in [0.2, 0.25) is 5.91 Å². The van der Waals surface area contributed by atoms with Gasteiger partial charge in [0.25, 0.3) is 0 Å². The molecule has 0 bridgehead atoms. The fourth-order valence-corrected chi connectivity index (χ4v) is 3.14. The van der Waals surface area contributed by atoms with Crippen LogP contribution in [0.25, 0.3) is 0 Å². The lowest BCUT2D eigenvalue weighted by Crippen LogP contribution is -2.27. The third-order valence-corrected chi connectivity index (χ3v) is 3.84. The van der Waals surface area contributed by atoms with Gasteiger partial charge in [-0.2, -0.15) is 0 Å². The smallest absolute Gasteiger partial charge is 0.337 e. The highest BCUT2D eigenvalue weighted by atomic mass is 79.9. The Morgan fingerprint density at radius 1 is 1.58 bits per heavy atom. The van der Waals surface area contributed by atoms with Crippen LogP contribution < -0.4 is 4.90 Å². The Bertz CT molecular complexity index is 573. The van der Waals surface area contributed by atoms with E-state index in [4.69, 9.17) is 11.6 Å². The summed E-state index contributed by atoms with van der Waals surface area (Å²) in [5, 5.41) is 9.55. The Hall–Kier alpha value is -1.33. The molecule has 0 spiro atoms. The third kappa shape index (κ3) is 2.67. The van der Waals surface area contributed by atoms with Crippen LogP contribution in [0.15, 0.2) is 29.3 Å². The molecule has 1 N–H and O–H groups in total. The van der Waals surface area contributed by atoms with Crippen molar-refractivity contribution >= 4 is 45.1 Å². The summed E-state index contributed by atoms with van der Waals surface area (Å²) < 4.78 is 0.496. The zero-order chi connectivity index (χ0) is 14.2. The lowest BCUT2D eigenvalue weighted by molar-refractivity contribution is -0.117. The van der Waals surface area contributed by atoms with Gasteiger partial charge in [0.1, 0.15) is 0 Å². The van der Waals surface area contributed by atoms with E-state index in [1.54, 1.807) is 12.1 Å². The number of hydrogen-bond donors (Lipinski definition) is 1. The molecular formula is C13H11BrClNO3. The summed E-state index contributed by atoms with van der Waals surface area (Å²) in [6.45, 7) is 4.10. The van der Waals surface area contributed by atoms with E-state index in [-0.39, 0.29) is 17.4 Å². The predicted molar refractivity (Wildman–Crippen MR) is 76.8 cm³/mol. The second kappa shape index (κ2) is 5.35. The van der Waals surface area contributed by atoms with Gasteiger partial charge in [-0.25, -0.2) is 4.79 Å². The molecular weight excluding hydrogens is 334 g/mol. The van der Waals surface area contributed by atoms with Crippen molar-refractivity contribution < 1.29 is 14.7 Å². The van der Waals surface area contributed by atoms with Crippen molar-refractivity contribution in [2.45, 2.75) is 6.42 Å². The molecule has 1 heterocycles. The van der Waals surface area contributed by atoms with Crippen LogP contribution in [-0.2, 0) is 4.79 Å². The van der Waals surface area contributed by atoms with E-state index in [2.05, 4.69) is 22.5 Å². The maximum Gasteiger partial charge on any atom is 0.337 e. The summed E-state index contributed by atoms with van der Waals surface area (Å²) in [7, 11) is 0. The van der Waals surface area contributed by atoms with E-state index in [0.29, 0.717) is 28.1 Å². The highest BCUT2D eigenvalue weighted by molar-refractivity contribution is 9.10. The molecule has 2 rings (SSSR count). The van der Waals surface area contributed by atoms with Crippen molar-refractivity contribution in [2.75, 3.05) is 11.4 Å². The largest absolute Gasteiger partial charge is 0.478 e. The molecule has 0 saturated carbocycles. The van der Waals surface area contributed by atoms with E-state index in [1.165, 1.54) is 11.0 Å². The van der Waals surface area contributed by atoms with Gasteiger partial charge in [-0.15, -0.1) is 6.58 Å². The number of carboxylic acids is 1. The number of aromatic carboxylic acids is 1. The monoisotopic (exact) mass is 343 g/mol. The van der Waals surface area contributed by atoms with E-state index in [1.807, 2.05) is 0 Å². The molecule has 1 fully saturated rings. The summed E-state index contributed by atoms with van der Waals surface area (Å²) in [6.07, 6.45) is 2.06. The number of carbonyl (C=O) groups excluding carboxylic acids is 1. The van der Waals surface area contributed by atoms with Crippen molar-refractivity contribution in [3.8, 4) is 0 Å². The van der Waals surface area contributed by atoms with Gasteiger partial charge in [0, 0.05) is 28.4 Å². The van der Waals surface area contributed by atoms with Gasteiger partial charge in [-0.1, -0.05) is 17.7 Å². The fourth-order valence-electron chi connectivity index (χ4n) is 2.11. The van der Waals surface area contributed by atoms with E-state index in [9.17, 15) is 14.7 Å². The minimum Gasteiger partial charge on any atom is -0.478 e. The van der Waals surface area contributed by atoms with Crippen molar-refractivity contribution in [3.63, 3.8) is 0 Å². The van der Waals surface area contributed by atoms with Crippen molar-refractivity contribution in [1.29, 1.82) is 0 Å². The number of benzene rings is 1. The lowest BCUT2D eigenvalue weighted by Gasteiger charge is -2.20. The van der Waals surface area contributed by atoms with Crippen LogP contribution in [-0.4, -0.2) is 23.5 Å². The standard InChI is InChI=1S/C13H11BrClNO3/c1-2-7-3-11(17)16(6-7)12-9(13(18)19)4-8(15)5-10(12)14/h2,4-5,7H,1,3,6H2,(H,18,19). The Morgan fingerprint density at radius 3 is 2.79 bits per heavy atom. The Balaban J connectivity index is 2.53. The maximum atomic E-state index is 12.0. The molecule has 0 radical (unpaired) electrons. The minimum atomic E-state index is -1.12. The first-order valence-corrected chi connectivity index (χ1v) is 6.76. The molecule has 1 aromatic rings. The summed E-state index contributed by atoms with van der Waals surface area (Å²) >= 11 is 9.13. The molecule has 1 atom stereocenters. The third-order valence-electron chi connectivity index (χ3n) is 3.02. The average Bonchev–Trinajstić information content (AvgIpc) is 2.69. The number of anilines is 1. The van der Waals surface area contributed by atoms with Crippen molar-refractivity contribution in [1.82, 2.24) is 0 Å². The predicted octanol–water partition coefficient (Wildman–Crippen LogP) is 3.34. The van der Waals surface area contributed by atoms with Crippen LogP contribution in [0.2, 0.25) is 5.02 Å². The second-order valence-corrected chi connectivity index (χ2v) is 5.58. The van der Waals surface area contributed by atoms with Gasteiger partial charge in [-0.3, -0.25) is 4.79 Å². The van der Waals surface area contributed by atoms with Crippen LogP contribution in [0.3, 0.4) is 0 Å². The number of amides is 1. The Kier molecular flexibility index (Phi) is 3.96. The van der Waals surface area contributed by atoms with E-state index in [0.717, 1.165) is 0 Å². The number of nitrogens with zero attached hydrogens (tertiary/aromatic N) is 1. The zero-order valence-electron chi connectivity index (χ0n) is 9.90. The summed E-state index contributed by atoms with van der Waals surface area (Å²) in [6, 6.07) is 2.93. The first-order chi connectivity index (χ1) is 8.93. The van der Waals surface area contributed by atoms with Crippen LogP contribution in [0.4, 0.5) is 5.69 Å². The molecule has 4 nitrogen and oxygen atoms in total. The topological polar surface area (TPSA) is 57.6 Å². The normalized spacial score (nSPS) is 18.7. The number of rotatable bonds is 3. The highest BCUT2D eigenvalue weighted by Gasteiger charge is 2.32. The van der Waals surface area contributed by atoms with Crippen LogP contribution >= 0.6 is 27.5 Å². The highest BCUT2D eigenvalue weighted by Crippen LogP contribution is 2.37. The number of carbonyl (C=O) groups is 2. The van der Waals surface area contributed by atoms with Gasteiger partial charge in [0.15, 0.2) is 0 Å². The van der Waals surface area contributed by atoms with Crippen LogP contribution in [0.1, 0.15) is 16.8 Å². The second-order valence-electron chi connectivity index (χ2n) is 4.29. The maximum absolute atomic E-state index is 12.0. The molecule has 19 heavy (non-hydrogen) atoms. The van der Waals surface area contributed by atoms with Gasteiger partial charge < -0.3 is 10.0 Å². The summed E-state index contributed by atoms with van der Waals surface area (Å²) in [5.74, 6) is -1.19. The molecule has 1 unspecified atom stereocenters. The Morgan fingerprint density at radius 2 is 2.26 bits per heavy atom. The number of carboxylic acid groups (broad SMARTS) is 1. The first-order valence-electron chi connectivity index (χ1n) is 5.59. The van der Waals surface area contributed by atoms with E-state index >= 15 is 0 Å². The fraction of sp³-hybridized carbons (Fsp3) is 0.231. The molecule has 1 aliphatic heterocycles. The lowest BCUT2D eigenvalue weighted by atomic mass is 10.1. The molecule has 6 heteroatoms. The molecule has 1 aliphatic rings. The molecule has 0 aromatic heterocycles. The van der Waals surface area contributed by atoms with Crippen molar-refractivity contribution in [3.05, 3.63) is 39.8 Å². The number of hydrogen-bond acceptors (Lipinski definition) is 2. The Labute approximate surface area is 123 Å². The minimum absolute atomic E-state index is 0.0115.